The van der Waals surface area contributed by atoms with E-state index in [0.717, 1.165) is 34.6 Å². The molecule has 5 aromatic rings. The normalized spacial score (nSPS) is 10.9. The van der Waals surface area contributed by atoms with Gasteiger partial charge in [-0.15, -0.1) is 0 Å². The van der Waals surface area contributed by atoms with Crippen LogP contribution in [0.25, 0.3) is 22.2 Å². The van der Waals surface area contributed by atoms with Crippen LogP contribution < -0.4 is 15.4 Å². The molecule has 0 aliphatic rings. The largest absolute Gasteiger partial charge is 0.495 e. The molecule has 0 fully saturated rings. The van der Waals surface area contributed by atoms with Crippen LogP contribution in [-0.2, 0) is 13.1 Å². The molecule has 5 rings (SSSR count). The summed E-state index contributed by atoms with van der Waals surface area (Å²) in [6.07, 6.45) is 3.55. The second-order valence-corrected chi connectivity index (χ2v) is 9.03. The molecule has 0 amide bonds. The zero-order valence-electron chi connectivity index (χ0n) is 19.8. The van der Waals surface area contributed by atoms with E-state index in [4.69, 9.17) is 37.3 Å². The van der Waals surface area contributed by atoms with Gasteiger partial charge in [0.15, 0.2) is 0 Å². The fraction of sp³-hybridized carbons (Fsp3) is 0.107. The first-order chi connectivity index (χ1) is 18.0. The molecule has 3 aromatic heterocycles. The van der Waals surface area contributed by atoms with E-state index in [-0.39, 0.29) is 0 Å². The molecule has 0 aliphatic carbocycles. The molecule has 0 radical (unpaired) electrons. The number of hydrogen-bond acceptors (Lipinski definition) is 7. The van der Waals surface area contributed by atoms with E-state index in [1.807, 2.05) is 42.5 Å². The highest BCUT2D eigenvalue weighted by atomic mass is 35.5. The Labute approximate surface area is 223 Å². The van der Waals surface area contributed by atoms with Crippen molar-refractivity contribution in [3.05, 3.63) is 100.0 Å². The number of nitrogens with one attached hydrogen (secondary N) is 2. The molecule has 2 N–H and O–H groups in total. The smallest absolute Gasteiger partial charge is 0.149 e. The summed E-state index contributed by atoms with van der Waals surface area (Å²) in [6, 6.07) is 20.9. The van der Waals surface area contributed by atoms with Crippen molar-refractivity contribution in [2.24, 2.45) is 0 Å². The van der Waals surface area contributed by atoms with Gasteiger partial charge in [-0.05, 0) is 48.0 Å². The van der Waals surface area contributed by atoms with E-state index in [1.165, 1.54) is 7.11 Å². The van der Waals surface area contributed by atoms with Crippen molar-refractivity contribution in [1.29, 1.82) is 5.26 Å². The first-order valence-electron chi connectivity index (χ1n) is 11.4. The summed E-state index contributed by atoms with van der Waals surface area (Å²) in [5.41, 5.74) is 3.64. The third kappa shape index (κ3) is 5.52. The Balaban J connectivity index is 1.39. The highest BCUT2D eigenvalue weighted by molar-refractivity contribution is 6.37. The van der Waals surface area contributed by atoms with Gasteiger partial charge in [0.2, 0.25) is 0 Å². The number of fused-ring (bicyclic) bond motifs is 1. The molecule has 0 bridgehead atoms. The number of nitrogens with zero attached hydrogens (tertiary/aromatic N) is 3. The summed E-state index contributed by atoms with van der Waals surface area (Å²) in [4.78, 5) is 8.74. The number of nitriles is 1. The maximum Gasteiger partial charge on any atom is 0.149 e. The van der Waals surface area contributed by atoms with Crippen LogP contribution in [0.15, 0.2) is 77.5 Å². The topological polar surface area (TPSA) is 96.0 Å². The monoisotopic (exact) mass is 529 g/mol. The predicted molar refractivity (Wildman–Crippen MR) is 145 cm³/mol. The number of benzene rings is 2. The highest BCUT2D eigenvalue weighted by Gasteiger charge is 2.14. The van der Waals surface area contributed by atoms with Gasteiger partial charge in [0, 0.05) is 36.0 Å². The van der Waals surface area contributed by atoms with Gasteiger partial charge in [0.05, 0.1) is 40.5 Å². The molecular formula is C28H21Cl2N5O2. The number of anilines is 2. The van der Waals surface area contributed by atoms with Crippen LogP contribution in [0.2, 0.25) is 10.0 Å². The maximum atomic E-state index is 9.72. The molecule has 0 saturated carbocycles. The van der Waals surface area contributed by atoms with Crippen molar-refractivity contribution in [2.45, 2.75) is 13.1 Å². The molecular weight excluding hydrogens is 509 g/mol. The molecule has 0 unspecified atom stereocenters. The first kappa shape index (κ1) is 24.6. The zero-order valence-corrected chi connectivity index (χ0v) is 21.3. The zero-order chi connectivity index (χ0) is 25.8. The molecule has 0 spiro atoms. The van der Waals surface area contributed by atoms with Crippen LogP contribution in [0.4, 0.5) is 11.5 Å². The SMILES string of the molecule is COc1cc(Nc2nc3cc(-c4ccc(CNCc5ccncc5)o4)ccc3cc2C#N)c(Cl)cc1Cl. The molecule has 184 valence electrons. The van der Waals surface area contributed by atoms with Crippen molar-refractivity contribution >= 4 is 45.6 Å². The third-order valence-electron chi connectivity index (χ3n) is 5.76. The van der Waals surface area contributed by atoms with Crippen molar-refractivity contribution in [3.8, 4) is 23.1 Å². The second-order valence-electron chi connectivity index (χ2n) is 8.22. The lowest BCUT2D eigenvalue weighted by Gasteiger charge is -2.13. The van der Waals surface area contributed by atoms with E-state index >= 15 is 0 Å². The number of halogens is 2. The average molecular weight is 530 g/mol. The summed E-state index contributed by atoms with van der Waals surface area (Å²) >= 11 is 12.5. The lowest BCUT2D eigenvalue weighted by Crippen LogP contribution is -2.11. The van der Waals surface area contributed by atoms with E-state index in [2.05, 4.69) is 21.7 Å². The summed E-state index contributed by atoms with van der Waals surface area (Å²) in [5, 5.41) is 17.8. The van der Waals surface area contributed by atoms with Crippen LogP contribution in [0.5, 0.6) is 5.75 Å². The van der Waals surface area contributed by atoms with Crippen LogP contribution in [0.1, 0.15) is 16.9 Å². The lowest BCUT2D eigenvalue weighted by atomic mass is 10.1. The standard InChI is InChI=1S/C28H21Cl2N5O2/c1-36-27-13-25(22(29)12-23(27)30)35-28-20(14-31)10-18-2-3-19(11-24(18)34-28)26-5-4-21(37-26)16-33-15-17-6-8-32-9-7-17/h2-13,33H,15-16H2,1H3,(H,34,35). The van der Waals surface area contributed by atoms with Gasteiger partial charge in [-0.25, -0.2) is 4.98 Å². The Morgan fingerprint density at radius 1 is 0.973 bits per heavy atom. The number of furan rings is 1. The van der Waals surface area contributed by atoms with Crippen molar-refractivity contribution in [2.75, 3.05) is 12.4 Å². The Hall–Kier alpha value is -4.09. The quantitative estimate of drug-likeness (QED) is 0.221. The van der Waals surface area contributed by atoms with Gasteiger partial charge in [-0.3, -0.25) is 4.98 Å². The molecule has 0 saturated heterocycles. The van der Waals surface area contributed by atoms with E-state index in [0.29, 0.717) is 44.9 Å². The average Bonchev–Trinajstić information content (AvgIpc) is 3.39. The van der Waals surface area contributed by atoms with E-state index in [9.17, 15) is 5.26 Å². The molecule has 0 atom stereocenters. The van der Waals surface area contributed by atoms with Gasteiger partial charge in [-0.1, -0.05) is 35.3 Å². The van der Waals surface area contributed by atoms with Crippen molar-refractivity contribution < 1.29 is 9.15 Å². The minimum absolute atomic E-state index is 0.374. The number of hydrogen-bond donors (Lipinski definition) is 2. The van der Waals surface area contributed by atoms with Crippen LogP contribution in [0.3, 0.4) is 0 Å². The summed E-state index contributed by atoms with van der Waals surface area (Å²) in [5.74, 6) is 2.39. The maximum absolute atomic E-state index is 9.72. The molecule has 9 heteroatoms. The van der Waals surface area contributed by atoms with Gasteiger partial charge < -0.3 is 19.8 Å². The molecule has 37 heavy (non-hydrogen) atoms. The number of methoxy groups -OCH3 is 1. The van der Waals surface area contributed by atoms with Crippen molar-refractivity contribution in [1.82, 2.24) is 15.3 Å². The molecule has 7 nitrogen and oxygen atoms in total. The third-order valence-corrected chi connectivity index (χ3v) is 6.36. The predicted octanol–water partition coefficient (Wildman–Crippen LogP) is 7.11. The highest BCUT2D eigenvalue weighted by Crippen LogP contribution is 2.36. The second kappa shape index (κ2) is 10.9. The minimum atomic E-state index is 0.374. The summed E-state index contributed by atoms with van der Waals surface area (Å²) < 4.78 is 11.4. The Kier molecular flexibility index (Phi) is 7.24. The van der Waals surface area contributed by atoms with Gasteiger partial charge in [-0.2, -0.15) is 5.26 Å². The molecule has 0 aliphatic heterocycles. The summed E-state index contributed by atoms with van der Waals surface area (Å²) in [6.45, 7) is 1.32. The lowest BCUT2D eigenvalue weighted by molar-refractivity contribution is 0.415. The van der Waals surface area contributed by atoms with Crippen LogP contribution in [-0.4, -0.2) is 17.1 Å². The number of aromatic nitrogens is 2. The van der Waals surface area contributed by atoms with Gasteiger partial charge in [0.25, 0.3) is 0 Å². The Morgan fingerprint density at radius 3 is 2.59 bits per heavy atom. The number of ether oxygens (including phenoxy) is 1. The molecule has 3 heterocycles. The Morgan fingerprint density at radius 2 is 1.81 bits per heavy atom. The molecule has 2 aromatic carbocycles. The van der Waals surface area contributed by atoms with E-state index in [1.54, 1.807) is 30.6 Å². The minimum Gasteiger partial charge on any atom is -0.495 e. The summed E-state index contributed by atoms with van der Waals surface area (Å²) in [7, 11) is 1.52. The van der Waals surface area contributed by atoms with Crippen LogP contribution in [0, 0.1) is 11.3 Å². The first-order valence-corrected chi connectivity index (χ1v) is 12.1. The van der Waals surface area contributed by atoms with Gasteiger partial charge >= 0.3 is 0 Å². The Bertz CT molecular complexity index is 1610. The van der Waals surface area contributed by atoms with Crippen LogP contribution >= 0.6 is 23.2 Å². The fourth-order valence-electron chi connectivity index (χ4n) is 3.87. The number of rotatable bonds is 8. The number of pyridine rings is 2. The van der Waals surface area contributed by atoms with E-state index < -0.39 is 0 Å². The van der Waals surface area contributed by atoms with Crippen molar-refractivity contribution in [3.63, 3.8) is 0 Å². The fourth-order valence-corrected chi connectivity index (χ4v) is 4.38. The van der Waals surface area contributed by atoms with Gasteiger partial charge in [0.1, 0.15) is 29.2 Å².